The van der Waals surface area contributed by atoms with E-state index in [0.29, 0.717) is 21.8 Å². The van der Waals surface area contributed by atoms with Crippen LogP contribution in [0.1, 0.15) is 11.1 Å². The highest BCUT2D eigenvalue weighted by molar-refractivity contribution is 7.92. The summed E-state index contributed by atoms with van der Waals surface area (Å²) in [6.07, 6.45) is 0. The molecule has 106 valence electrons. The molecule has 0 aliphatic carbocycles. The Morgan fingerprint density at radius 2 is 1.55 bits per heavy atom. The van der Waals surface area contributed by atoms with Crippen LogP contribution in [0.3, 0.4) is 0 Å². The number of benzene rings is 2. The lowest BCUT2D eigenvalue weighted by Crippen LogP contribution is -2.16. The van der Waals surface area contributed by atoms with Crippen molar-refractivity contribution < 1.29 is 12.8 Å². The van der Waals surface area contributed by atoms with E-state index in [-0.39, 0.29) is 4.90 Å². The zero-order valence-corrected chi connectivity index (χ0v) is 12.5. The van der Waals surface area contributed by atoms with Crippen LogP contribution in [0.2, 0.25) is 5.02 Å². The van der Waals surface area contributed by atoms with Crippen molar-refractivity contribution in [2.24, 2.45) is 0 Å². The largest absolute Gasteiger partial charge is 0.280 e. The molecule has 0 unspecified atom stereocenters. The van der Waals surface area contributed by atoms with E-state index in [2.05, 4.69) is 4.72 Å². The first-order valence-corrected chi connectivity index (χ1v) is 7.71. The monoisotopic (exact) mass is 313 g/mol. The van der Waals surface area contributed by atoms with E-state index in [4.69, 9.17) is 11.6 Å². The summed E-state index contributed by atoms with van der Waals surface area (Å²) in [6.45, 7) is 3.12. The Morgan fingerprint density at radius 1 is 1.05 bits per heavy atom. The Morgan fingerprint density at radius 3 is 2.05 bits per heavy atom. The van der Waals surface area contributed by atoms with Crippen LogP contribution in [0.4, 0.5) is 10.1 Å². The summed E-state index contributed by atoms with van der Waals surface area (Å²) in [5.41, 5.74) is 1.13. The van der Waals surface area contributed by atoms with E-state index in [1.807, 2.05) is 0 Å². The van der Waals surface area contributed by atoms with Crippen LogP contribution in [0.5, 0.6) is 0 Å². The Labute approximate surface area is 122 Å². The van der Waals surface area contributed by atoms with Crippen molar-refractivity contribution in [2.45, 2.75) is 18.7 Å². The lowest BCUT2D eigenvalue weighted by atomic mass is 10.1. The highest BCUT2D eigenvalue weighted by atomic mass is 35.5. The highest BCUT2D eigenvalue weighted by Gasteiger charge is 2.20. The number of anilines is 1. The van der Waals surface area contributed by atoms with Crippen LogP contribution < -0.4 is 4.72 Å². The molecule has 20 heavy (non-hydrogen) atoms. The molecule has 1 N–H and O–H groups in total. The molecule has 0 fully saturated rings. The first-order valence-electron chi connectivity index (χ1n) is 5.85. The van der Waals surface area contributed by atoms with Gasteiger partial charge < -0.3 is 0 Å². The molecule has 0 spiro atoms. The van der Waals surface area contributed by atoms with E-state index >= 15 is 0 Å². The molecule has 3 nitrogen and oxygen atoms in total. The van der Waals surface area contributed by atoms with Gasteiger partial charge in [-0.05, 0) is 61.4 Å². The molecule has 0 radical (unpaired) electrons. The standard InChI is InChI=1S/C14H13ClFNO2S/c1-9-7-12(16)8-10(2)14(9)20(18,19)17-13-5-3-11(15)4-6-13/h3-8,17H,1-2H3. The molecule has 0 saturated carbocycles. The van der Waals surface area contributed by atoms with E-state index in [1.165, 1.54) is 12.1 Å². The van der Waals surface area contributed by atoms with Crippen molar-refractivity contribution in [3.63, 3.8) is 0 Å². The van der Waals surface area contributed by atoms with Crippen molar-refractivity contribution in [3.05, 3.63) is 58.4 Å². The summed E-state index contributed by atoms with van der Waals surface area (Å²) < 4.78 is 40.4. The molecule has 0 amide bonds. The zero-order chi connectivity index (χ0) is 14.9. The van der Waals surface area contributed by atoms with Crippen LogP contribution in [0.15, 0.2) is 41.3 Å². The van der Waals surface area contributed by atoms with Crippen molar-refractivity contribution >= 4 is 27.3 Å². The van der Waals surface area contributed by atoms with Crippen LogP contribution >= 0.6 is 11.6 Å². The van der Waals surface area contributed by atoms with Gasteiger partial charge in [-0.15, -0.1) is 0 Å². The molecule has 0 heterocycles. The molecule has 0 aliphatic rings. The number of aryl methyl sites for hydroxylation is 2. The second-order valence-electron chi connectivity index (χ2n) is 4.48. The van der Waals surface area contributed by atoms with Crippen molar-refractivity contribution in [1.29, 1.82) is 0 Å². The van der Waals surface area contributed by atoms with Crippen LogP contribution in [-0.2, 0) is 10.0 Å². The minimum Gasteiger partial charge on any atom is -0.280 e. The van der Waals surface area contributed by atoms with Gasteiger partial charge in [0.2, 0.25) is 0 Å². The smallest absolute Gasteiger partial charge is 0.262 e. The molecule has 0 aliphatic heterocycles. The summed E-state index contributed by atoms with van der Waals surface area (Å²) in [5.74, 6) is -0.453. The third kappa shape index (κ3) is 3.11. The Bertz CT molecular complexity index is 719. The number of hydrogen-bond acceptors (Lipinski definition) is 2. The van der Waals surface area contributed by atoms with Crippen molar-refractivity contribution in [2.75, 3.05) is 4.72 Å². The molecule has 0 saturated heterocycles. The van der Waals surface area contributed by atoms with Crippen LogP contribution in [-0.4, -0.2) is 8.42 Å². The average molecular weight is 314 g/mol. The quantitative estimate of drug-likeness (QED) is 0.934. The molecule has 6 heteroatoms. The number of halogens is 2. The SMILES string of the molecule is Cc1cc(F)cc(C)c1S(=O)(=O)Nc1ccc(Cl)cc1. The summed E-state index contributed by atoms with van der Waals surface area (Å²) in [6, 6.07) is 8.70. The Hall–Kier alpha value is -1.59. The van der Waals surface area contributed by atoms with E-state index < -0.39 is 15.8 Å². The molecular weight excluding hydrogens is 301 g/mol. The highest BCUT2D eigenvalue weighted by Crippen LogP contribution is 2.24. The van der Waals surface area contributed by atoms with E-state index in [1.54, 1.807) is 38.1 Å². The number of nitrogens with one attached hydrogen (secondary N) is 1. The third-order valence-electron chi connectivity index (χ3n) is 2.79. The Balaban J connectivity index is 2.43. The first-order chi connectivity index (χ1) is 9.29. The molecular formula is C14H13ClFNO2S. The molecule has 2 rings (SSSR count). The maximum absolute atomic E-state index is 13.2. The second-order valence-corrected chi connectivity index (χ2v) is 6.54. The minimum absolute atomic E-state index is 0.0915. The fraction of sp³-hybridized carbons (Fsp3) is 0.143. The number of rotatable bonds is 3. The summed E-state index contributed by atoms with van der Waals surface area (Å²) >= 11 is 5.75. The first kappa shape index (κ1) is 14.8. The molecule has 2 aromatic rings. The molecule has 0 atom stereocenters. The lowest BCUT2D eigenvalue weighted by Gasteiger charge is -2.13. The van der Waals surface area contributed by atoms with Gasteiger partial charge in [-0.25, -0.2) is 12.8 Å². The van der Waals surface area contributed by atoms with Crippen LogP contribution in [0, 0.1) is 19.7 Å². The van der Waals surface area contributed by atoms with Gasteiger partial charge >= 0.3 is 0 Å². The van der Waals surface area contributed by atoms with Gasteiger partial charge in [-0.2, -0.15) is 0 Å². The minimum atomic E-state index is -3.76. The predicted octanol–water partition coefficient (Wildman–Crippen LogP) is 3.90. The Kier molecular flexibility index (Phi) is 4.01. The van der Waals surface area contributed by atoms with Crippen LogP contribution in [0.25, 0.3) is 0 Å². The number of hydrogen-bond donors (Lipinski definition) is 1. The maximum atomic E-state index is 13.2. The van der Waals surface area contributed by atoms with Gasteiger partial charge in [-0.3, -0.25) is 4.72 Å². The normalized spacial score (nSPS) is 11.4. The lowest BCUT2D eigenvalue weighted by molar-refractivity contribution is 0.597. The van der Waals surface area contributed by atoms with E-state index in [9.17, 15) is 12.8 Å². The van der Waals surface area contributed by atoms with Gasteiger partial charge in [-0.1, -0.05) is 11.6 Å². The van der Waals surface area contributed by atoms with E-state index in [0.717, 1.165) is 0 Å². The van der Waals surface area contributed by atoms with Gasteiger partial charge in [0.25, 0.3) is 10.0 Å². The zero-order valence-electron chi connectivity index (χ0n) is 10.9. The maximum Gasteiger partial charge on any atom is 0.262 e. The van der Waals surface area contributed by atoms with Gasteiger partial charge in [0.05, 0.1) is 4.90 Å². The van der Waals surface area contributed by atoms with Gasteiger partial charge in [0.1, 0.15) is 5.82 Å². The fourth-order valence-electron chi connectivity index (χ4n) is 2.05. The number of sulfonamides is 1. The second kappa shape index (κ2) is 5.42. The van der Waals surface area contributed by atoms with Gasteiger partial charge in [0.15, 0.2) is 0 Å². The van der Waals surface area contributed by atoms with Crippen molar-refractivity contribution in [1.82, 2.24) is 0 Å². The van der Waals surface area contributed by atoms with Crippen molar-refractivity contribution in [3.8, 4) is 0 Å². The fourth-order valence-corrected chi connectivity index (χ4v) is 3.69. The van der Waals surface area contributed by atoms with Gasteiger partial charge in [0, 0.05) is 10.7 Å². The third-order valence-corrected chi connectivity index (χ3v) is 4.73. The summed E-state index contributed by atoms with van der Waals surface area (Å²) in [4.78, 5) is 0.0915. The predicted molar refractivity (Wildman–Crippen MR) is 78.1 cm³/mol. The summed E-state index contributed by atoms with van der Waals surface area (Å²) in [7, 11) is -3.76. The molecule has 0 aromatic heterocycles. The average Bonchev–Trinajstić information content (AvgIpc) is 2.30. The topological polar surface area (TPSA) is 46.2 Å². The summed E-state index contributed by atoms with van der Waals surface area (Å²) in [5, 5.41) is 0.516. The molecule has 2 aromatic carbocycles. The molecule has 0 bridgehead atoms.